The summed E-state index contributed by atoms with van der Waals surface area (Å²) in [6, 6.07) is 7.37. The van der Waals surface area contributed by atoms with E-state index < -0.39 is 17.5 Å². The number of esters is 1. The van der Waals surface area contributed by atoms with Gasteiger partial charge in [0.25, 0.3) is 5.91 Å². The third-order valence-corrected chi connectivity index (χ3v) is 14.4. The van der Waals surface area contributed by atoms with Gasteiger partial charge in [0.1, 0.15) is 12.1 Å². The number of anilines is 1. The lowest BCUT2D eigenvalue weighted by Crippen LogP contribution is -2.71. The molecule has 8 bridgehead atoms. The number of amides is 2. The lowest BCUT2D eigenvalue weighted by atomic mass is 9.73. The van der Waals surface area contributed by atoms with Crippen LogP contribution < -0.4 is 15.6 Å². The Morgan fingerprint density at radius 3 is 2.61 bits per heavy atom. The molecule has 0 spiro atoms. The van der Waals surface area contributed by atoms with Crippen LogP contribution in [0.25, 0.3) is 33.4 Å². The number of hydrogen-bond donors (Lipinski definition) is 2. The SMILES string of the molecule is CCn1c(-c2cc(N3CCN(C)CC3)cnc2[C@H](C)OC)c2c3cc(ccc31)-c1csc(n1)C[C@H](NC(=O)[C@H]1C[C@@H]1C)C(=O)N1N[C@H](C(=O)OCC(C)(C)C2)C2CC1C2. The molecule has 14 heteroatoms. The molecule has 4 aliphatic heterocycles. The van der Waals surface area contributed by atoms with Crippen molar-refractivity contribution in [1.29, 1.82) is 0 Å². The summed E-state index contributed by atoms with van der Waals surface area (Å²) in [6.45, 7) is 15.4. The highest BCUT2D eigenvalue weighted by Gasteiger charge is 2.51. The van der Waals surface area contributed by atoms with E-state index in [1.54, 1.807) is 12.1 Å². The summed E-state index contributed by atoms with van der Waals surface area (Å²) in [5.74, 6) is -0.389. The van der Waals surface area contributed by atoms with Gasteiger partial charge in [0.05, 0.1) is 46.7 Å². The standard InChI is InChI=1S/C45H58N8O5S/c1-8-52-37-10-9-27-18-32(37)34(41(52)33-19-30(22-46-39(33)26(3)57-7)51-13-11-50(6)12-14-51)21-45(4,5)24-58-44(56)40-28-16-29(17-28)53(49-40)43(55)35(20-38-47-36(27)23-59-38)48-42(54)31-15-25(31)2/h9-10,18-19,22-23,25-26,28-29,31,35,40,49H,8,11-17,20-21,24H2,1-7H3,(H,48,54)/t25-,26-,28?,29?,31-,35-,40-/m0/s1. The van der Waals surface area contributed by atoms with E-state index >= 15 is 0 Å². The monoisotopic (exact) mass is 822 g/mol. The van der Waals surface area contributed by atoms with Gasteiger partial charge in [-0.1, -0.05) is 26.8 Å². The van der Waals surface area contributed by atoms with Crippen molar-refractivity contribution in [1.82, 2.24) is 35.2 Å². The number of fused-ring (bicyclic) bond motifs is 4. The van der Waals surface area contributed by atoms with Crippen LogP contribution in [0, 0.1) is 23.2 Å². The molecule has 2 amide bonds. The normalized spacial score (nSPS) is 27.5. The Hall–Kier alpha value is -4.37. The number of hydrogen-bond acceptors (Lipinski definition) is 11. The highest BCUT2D eigenvalue weighted by molar-refractivity contribution is 7.10. The van der Waals surface area contributed by atoms with Crippen LogP contribution in [0.4, 0.5) is 5.69 Å². The first-order valence-corrected chi connectivity index (χ1v) is 22.3. The van der Waals surface area contributed by atoms with E-state index in [1.165, 1.54) is 11.3 Å². The Bertz CT molecular complexity index is 2270. The number of methoxy groups -OCH3 is 1. The molecule has 5 fully saturated rings. The minimum atomic E-state index is -0.817. The average molecular weight is 823 g/mol. The molecule has 314 valence electrons. The highest BCUT2D eigenvalue weighted by Crippen LogP contribution is 2.44. The van der Waals surface area contributed by atoms with Crippen molar-refractivity contribution in [3.8, 4) is 22.5 Å². The van der Waals surface area contributed by atoms with Crippen molar-refractivity contribution in [3.05, 3.63) is 52.1 Å². The number of carbonyl (C=O) groups is 3. The van der Waals surface area contributed by atoms with E-state index in [4.69, 9.17) is 19.4 Å². The third-order valence-electron chi connectivity index (χ3n) is 13.6. The van der Waals surface area contributed by atoms with Crippen molar-refractivity contribution < 1.29 is 23.9 Å². The topological polar surface area (TPSA) is 134 Å². The van der Waals surface area contributed by atoms with Gasteiger partial charge >= 0.3 is 5.97 Å². The van der Waals surface area contributed by atoms with Gasteiger partial charge in [0.2, 0.25) is 5.91 Å². The van der Waals surface area contributed by atoms with Crippen LogP contribution >= 0.6 is 11.3 Å². The number of cyclic esters (lactones) is 1. The van der Waals surface area contributed by atoms with Gasteiger partial charge in [-0.2, -0.15) is 0 Å². The number of nitrogens with zero attached hydrogens (tertiary/aromatic N) is 6. The van der Waals surface area contributed by atoms with E-state index in [9.17, 15) is 14.4 Å². The Labute approximate surface area is 350 Å². The number of piperazine rings is 1. The zero-order chi connectivity index (χ0) is 41.3. The second-order valence-corrected chi connectivity index (χ2v) is 19.4. The number of hydrazine groups is 1. The molecule has 0 unspecified atom stereocenters. The van der Waals surface area contributed by atoms with Crippen molar-refractivity contribution in [2.45, 2.75) is 97.5 Å². The molecule has 3 saturated heterocycles. The van der Waals surface area contributed by atoms with Crippen molar-refractivity contribution in [2.75, 3.05) is 51.8 Å². The fraction of sp³-hybridized carbons (Fsp3) is 0.578. The van der Waals surface area contributed by atoms with Gasteiger partial charge in [0.15, 0.2) is 0 Å². The summed E-state index contributed by atoms with van der Waals surface area (Å²) in [5.41, 5.74) is 11.0. The van der Waals surface area contributed by atoms with Gasteiger partial charge < -0.3 is 29.2 Å². The summed E-state index contributed by atoms with van der Waals surface area (Å²) in [5, 5.41) is 8.63. The molecule has 13 nitrogen and oxygen atoms in total. The maximum absolute atomic E-state index is 14.4. The Kier molecular flexibility index (Phi) is 10.6. The van der Waals surface area contributed by atoms with Crippen molar-refractivity contribution in [3.63, 3.8) is 0 Å². The van der Waals surface area contributed by atoms with Crippen LogP contribution in [0.5, 0.6) is 0 Å². The summed E-state index contributed by atoms with van der Waals surface area (Å²) < 4.78 is 14.6. The highest BCUT2D eigenvalue weighted by atomic mass is 32.1. The molecule has 10 rings (SSSR count). The molecule has 2 aliphatic carbocycles. The van der Waals surface area contributed by atoms with Gasteiger partial charge in [-0.15, -0.1) is 11.3 Å². The Morgan fingerprint density at radius 2 is 1.90 bits per heavy atom. The van der Waals surface area contributed by atoms with Crippen molar-refractivity contribution >= 4 is 45.7 Å². The fourth-order valence-corrected chi connectivity index (χ4v) is 10.5. The van der Waals surface area contributed by atoms with Gasteiger partial charge in [-0.05, 0) is 82.2 Å². The van der Waals surface area contributed by atoms with E-state index in [1.807, 2.05) is 6.20 Å². The number of carbonyl (C=O) groups excluding carboxylic acids is 3. The van der Waals surface area contributed by atoms with Crippen LogP contribution in [0.2, 0.25) is 0 Å². The number of pyridine rings is 1. The number of thiazole rings is 1. The molecule has 3 aromatic heterocycles. The fourth-order valence-electron chi connectivity index (χ4n) is 9.62. The summed E-state index contributed by atoms with van der Waals surface area (Å²) in [6.07, 6.45) is 4.88. The van der Waals surface area contributed by atoms with Crippen LogP contribution in [0.1, 0.15) is 76.3 Å². The molecule has 59 heavy (non-hydrogen) atoms. The van der Waals surface area contributed by atoms with Gasteiger partial charge in [-0.25, -0.2) is 10.4 Å². The maximum atomic E-state index is 14.4. The molecule has 4 aromatic rings. The van der Waals surface area contributed by atoms with Crippen LogP contribution in [-0.2, 0) is 43.2 Å². The summed E-state index contributed by atoms with van der Waals surface area (Å²) in [4.78, 5) is 56.7. The van der Waals surface area contributed by atoms with Gasteiger partial charge in [0, 0.05) is 91.0 Å². The summed E-state index contributed by atoms with van der Waals surface area (Å²) in [7, 11) is 3.90. The average Bonchev–Trinajstić information content (AvgIpc) is 3.64. The Morgan fingerprint density at radius 1 is 1.14 bits per heavy atom. The number of nitrogens with one attached hydrogen (secondary N) is 2. The molecular weight excluding hydrogens is 765 g/mol. The number of likely N-dealkylation sites (N-methyl/N-ethyl adjacent to an activating group) is 1. The third kappa shape index (κ3) is 7.55. The largest absolute Gasteiger partial charge is 0.464 e. The minimum absolute atomic E-state index is 0.0363. The van der Waals surface area contributed by atoms with E-state index in [-0.39, 0.29) is 54.8 Å². The minimum Gasteiger partial charge on any atom is -0.464 e. The maximum Gasteiger partial charge on any atom is 0.325 e. The summed E-state index contributed by atoms with van der Waals surface area (Å²) >= 11 is 1.50. The number of rotatable bonds is 7. The molecular formula is C45H58N8O5S. The molecule has 7 heterocycles. The lowest BCUT2D eigenvalue weighted by Gasteiger charge is -2.53. The van der Waals surface area contributed by atoms with Crippen molar-refractivity contribution in [2.24, 2.45) is 23.2 Å². The second-order valence-electron chi connectivity index (χ2n) is 18.5. The number of aryl methyl sites for hydroxylation is 1. The van der Waals surface area contributed by atoms with E-state index in [0.717, 1.165) is 94.5 Å². The predicted octanol–water partition coefficient (Wildman–Crippen LogP) is 5.61. The van der Waals surface area contributed by atoms with E-state index in [0.29, 0.717) is 25.2 Å². The quantitative estimate of drug-likeness (QED) is 0.227. The first kappa shape index (κ1) is 40.1. The molecule has 2 N–H and O–H groups in total. The molecule has 2 saturated carbocycles. The first-order valence-electron chi connectivity index (χ1n) is 21.4. The van der Waals surface area contributed by atoms with E-state index in [2.05, 4.69) is 96.4 Å². The molecule has 6 aliphatic rings. The van der Waals surface area contributed by atoms with Gasteiger partial charge in [-0.3, -0.25) is 24.4 Å². The smallest absolute Gasteiger partial charge is 0.325 e. The molecule has 1 aromatic carbocycles. The lowest BCUT2D eigenvalue weighted by molar-refractivity contribution is -0.171. The van der Waals surface area contributed by atoms with Crippen LogP contribution in [0.15, 0.2) is 35.8 Å². The molecule has 0 radical (unpaired) electrons. The predicted molar refractivity (Wildman–Crippen MR) is 229 cm³/mol. The Balaban J connectivity index is 1.17. The zero-order valence-corrected chi connectivity index (χ0v) is 36.2. The number of benzene rings is 1. The molecule has 5 atom stereocenters. The first-order chi connectivity index (χ1) is 28.3. The van der Waals surface area contributed by atoms with Crippen LogP contribution in [0.3, 0.4) is 0 Å². The number of aromatic nitrogens is 3. The zero-order valence-electron chi connectivity index (χ0n) is 35.4. The second kappa shape index (κ2) is 15.6. The number of ether oxygens (including phenoxy) is 2. The van der Waals surface area contributed by atoms with Crippen LogP contribution in [-0.4, -0.2) is 107 Å².